The molecular weight excluding hydrogens is 175 g/mol. The van der Waals surface area contributed by atoms with Gasteiger partial charge in [0.1, 0.15) is 5.82 Å². The highest BCUT2D eigenvalue weighted by Gasteiger charge is 1.98. The van der Waals surface area contributed by atoms with Crippen LogP contribution in [0.2, 0.25) is 0 Å². The fraction of sp³-hybridized carbons (Fsp3) is 0.385. The minimum absolute atomic E-state index is 0.127. The van der Waals surface area contributed by atoms with E-state index in [-0.39, 0.29) is 5.82 Å². The third-order valence-corrected chi connectivity index (χ3v) is 2.26. The fourth-order valence-corrected chi connectivity index (χ4v) is 1.42. The Labute approximate surface area is 85.2 Å². The first-order valence-corrected chi connectivity index (χ1v) is 4.92. The molecule has 0 unspecified atom stereocenters. The number of unbranched alkanes of at least 4 members (excludes halogenated alkanes) is 2. The first kappa shape index (κ1) is 10.8. The van der Waals surface area contributed by atoms with Crippen LogP contribution in [0.1, 0.15) is 30.4 Å². The van der Waals surface area contributed by atoms with Crippen molar-refractivity contribution in [2.75, 3.05) is 0 Å². The van der Waals surface area contributed by atoms with Crippen LogP contribution in [0.5, 0.6) is 0 Å². The second-order valence-corrected chi connectivity index (χ2v) is 3.49. The highest BCUT2D eigenvalue weighted by molar-refractivity contribution is 5.23. The standard InChI is InChI=1S/C13H15F/c1-3-4-5-6-7-12-8-9-13(14)11(2)10-12/h1,8-10H,4-7H2,2H3. The predicted molar refractivity (Wildman–Crippen MR) is 57.5 cm³/mol. The molecule has 0 atom stereocenters. The van der Waals surface area contributed by atoms with Gasteiger partial charge < -0.3 is 0 Å². The van der Waals surface area contributed by atoms with E-state index >= 15 is 0 Å². The Morgan fingerprint density at radius 2 is 2.14 bits per heavy atom. The maximum absolute atomic E-state index is 12.9. The molecule has 1 aromatic rings. The molecule has 0 aliphatic rings. The van der Waals surface area contributed by atoms with Crippen molar-refractivity contribution in [1.29, 1.82) is 0 Å². The van der Waals surface area contributed by atoms with Crippen LogP contribution in [-0.2, 0) is 6.42 Å². The zero-order chi connectivity index (χ0) is 10.4. The van der Waals surface area contributed by atoms with Gasteiger partial charge in [0.25, 0.3) is 0 Å². The monoisotopic (exact) mass is 190 g/mol. The normalized spacial score (nSPS) is 9.79. The molecule has 0 spiro atoms. The molecule has 1 heteroatoms. The van der Waals surface area contributed by atoms with E-state index in [1.807, 2.05) is 12.1 Å². The Hall–Kier alpha value is -1.29. The van der Waals surface area contributed by atoms with Crippen LogP contribution < -0.4 is 0 Å². The maximum Gasteiger partial charge on any atom is 0.126 e. The summed E-state index contributed by atoms with van der Waals surface area (Å²) in [4.78, 5) is 0. The Balaban J connectivity index is 2.44. The number of hydrogen-bond acceptors (Lipinski definition) is 0. The first-order valence-electron chi connectivity index (χ1n) is 4.92. The fourth-order valence-electron chi connectivity index (χ4n) is 1.42. The Morgan fingerprint density at radius 1 is 1.36 bits per heavy atom. The molecule has 0 N–H and O–H groups in total. The number of aryl methyl sites for hydroxylation is 2. The number of halogens is 1. The van der Waals surface area contributed by atoms with E-state index in [0.717, 1.165) is 31.2 Å². The average Bonchev–Trinajstić information content (AvgIpc) is 2.18. The van der Waals surface area contributed by atoms with Crippen molar-refractivity contribution in [1.82, 2.24) is 0 Å². The van der Waals surface area contributed by atoms with Gasteiger partial charge in [0.15, 0.2) is 0 Å². The molecule has 0 nitrogen and oxygen atoms in total. The molecule has 0 heterocycles. The van der Waals surface area contributed by atoms with Crippen LogP contribution in [-0.4, -0.2) is 0 Å². The van der Waals surface area contributed by atoms with E-state index in [1.54, 1.807) is 6.92 Å². The van der Waals surface area contributed by atoms with Gasteiger partial charge in [-0.2, -0.15) is 0 Å². The van der Waals surface area contributed by atoms with Crippen LogP contribution in [0.4, 0.5) is 4.39 Å². The van der Waals surface area contributed by atoms with E-state index in [1.165, 1.54) is 11.6 Å². The van der Waals surface area contributed by atoms with Crippen LogP contribution in [0.3, 0.4) is 0 Å². The summed E-state index contributed by atoms with van der Waals surface area (Å²) >= 11 is 0. The summed E-state index contributed by atoms with van der Waals surface area (Å²) in [7, 11) is 0. The van der Waals surface area contributed by atoms with Crippen molar-refractivity contribution in [2.45, 2.75) is 32.6 Å². The Kier molecular flexibility index (Phi) is 4.19. The largest absolute Gasteiger partial charge is 0.207 e. The van der Waals surface area contributed by atoms with Gasteiger partial charge >= 0.3 is 0 Å². The predicted octanol–water partition coefficient (Wildman–Crippen LogP) is 3.48. The molecule has 0 aliphatic heterocycles. The molecule has 1 aromatic carbocycles. The summed E-state index contributed by atoms with van der Waals surface area (Å²) < 4.78 is 12.9. The van der Waals surface area contributed by atoms with E-state index in [0.29, 0.717) is 0 Å². The summed E-state index contributed by atoms with van der Waals surface area (Å²) in [6.07, 6.45) is 9.10. The van der Waals surface area contributed by atoms with E-state index in [4.69, 9.17) is 6.42 Å². The summed E-state index contributed by atoms with van der Waals surface area (Å²) in [6, 6.07) is 5.29. The first-order chi connectivity index (χ1) is 6.74. The lowest BCUT2D eigenvalue weighted by atomic mass is 10.0. The summed E-state index contributed by atoms with van der Waals surface area (Å²) in [6.45, 7) is 1.79. The molecule has 0 aliphatic carbocycles. The van der Waals surface area contributed by atoms with Gasteiger partial charge in [0.05, 0.1) is 0 Å². The lowest BCUT2D eigenvalue weighted by molar-refractivity contribution is 0.617. The second kappa shape index (κ2) is 5.44. The second-order valence-electron chi connectivity index (χ2n) is 3.49. The molecule has 0 fully saturated rings. The van der Waals surface area contributed by atoms with Gasteiger partial charge in [0.2, 0.25) is 0 Å². The van der Waals surface area contributed by atoms with Crippen molar-refractivity contribution in [3.05, 3.63) is 35.1 Å². The van der Waals surface area contributed by atoms with Crippen molar-refractivity contribution >= 4 is 0 Å². The highest BCUT2D eigenvalue weighted by Crippen LogP contribution is 2.12. The molecule has 74 valence electrons. The zero-order valence-electron chi connectivity index (χ0n) is 8.52. The van der Waals surface area contributed by atoms with E-state index < -0.39 is 0 Å². The molecule has 0 aromatic heterocycles. The summed E-state index contributed by atoms with van der Waals surface area (Å²) in [5.74, 6) is 2.49. The number of hydrogen-bond donors (Lipinski definition) is 0. The molecule has 0 saturated carbocycles. The van der Waals surface area contributed by atoms with Gasteiger partial charge in [0, 0.05) is 6.42 Å². The number of terminal acetylenes is 1. The van der Waals surface area contributed by atoms with Crippen LogP contribution in [0.15, 0.2) is 18.2 Å². The molecule has 0 amide bonds. The summed E-state index contributed by atoms with van der Waals surface area (Å²) in [5.41, 5.74) is 1.92. The highest BCUT2D eigenvalue weighted by atomic mass is 19.1. The molecular formula is C13H15F. The molecule has 1 rings (SSSR count). The van der Waals surface area contributed by atoms with Crippen LogP contribution in [0.25, 0.3) is 0 Å². The van der Waals surface area contributed by atoms with Gasteiger partial charge in [-0.05, 0) is 43.4 Å². The lowest BCUT2D eigenvalue weighted by Crippen LogP contribution is -1.89. The molecule has 0 saturated heterocycles. The zero-order valence-corrected chi connectivity index (χ0v) is 8.52. The van der Waals surface area contributed by atoms with E-state index in [9.17, 15) is 4.39 Å². The summed E-state index contributed by atoms with van der Waals surface area (Å²) in [5, 5.41) is 0. The third-order valence-electron chi connectivity index (χ3n) is 2.26. The lowest BCUT2D eigenvalue weighted by Gasteiger charge is -2.02. The third kappa shape index (κ3) is 3.22. The number of benzene rings is 1. The average molecular weight is 190 g/mol. The minimum Gasteiger partial charge on any atom is -0.207 e. The minimum atomic E-state index is -0.127. The van der Waals surface area contributed by atoms with Crippen LogP contribution in [0, 0.1) is 25.1 Å². The van der Waals surface area contributed by atoms with Gasteiger partial charge in [-0.15, -0.1) is 12.3 Å². The van der Waals surface area contributed by atoms with Crippen molar-refractivity contribution in [3.63, 3.8) is 0 Å². The SMILES string of the molecule is C#CCCCCc1ccc(F)c(C)c1. The quantitative estimate of drug-likeness (QED) is 0.503. The molecule has 0 radical (unpaired) electrons. The maximum atomic E-state index is 12.9. The van der Waals surface area contributed by atoms with E-state index in [2.05, 4.69) is 5.92 Å². The molecule has 0 bridgehead atoms. The van der Waals surface area contributed by atoms with Crippen LogP contribution >= 0.6 is 0 Å². The van der Waals surface area contributed by atoms with Crippen molar-refractivity contribution < 1.29 is 4.39 Å². The van der Waals surface area contributed by atoms with Gasteiger partial charge in [-0.1, -0.05) is 12.1 Å². The smallest absolute Gasteiger partial charge is 0.126 e. The van der Waals surface area contributed by atoms with Gasteiger partial charge in [-0.3, -0.25) is 0 Å². The Bertz CT molecular complexity index is 334. The number of rotatable bonds is 4. The molecule has 14 heavy (non-hydrogen) atoms. The Morgan fingerprint density at radius 3 is 2.79 bits per heavy atom. The van der Waals surface area contributed by atoms with Crippen molar-refractivity contribution in [3.8, 4) is 12.3 Å². The van der Waals surface area contributed by atoms with Gasteiger partial charge in [-0.25, -0.2) is 4.39 Å². The topological polar surface area (TPSA) is 0 Å². The van der Waals surface area contributed by atoms with Crippen molar-refractivity contribution in [2.24, 2.45) is 0 Å².